The summed E-state index contributed by atoms with van der Waals surface area (Å²) in [6.07, 6.45) is 1.65. The Hall–Kier alpha value is -3.78. The lowest BCUT2D eigenvalue weighted by molar-refractivity contribution is 0.0474. The van der Waals surface area contributed by atoms with Crippen LogP contribution in [0, 0.1) is 13.8 Å². The number of H-pyrrole nitrogens is 1. The molecule has 7 nitrogen and oxygen atoms in total. The van der Waals surface area contributed by atoms with Crippen molar-refractivity contribution >= 4 is 28.9 Å². The van der Waals surface area contributed by atoms with Crippen molar-refractivity contribution in [2.24, 2.45) is 0 Å². The molecular formula is C25H23N3O4S. The average Bonchev–Trinajstić information content (AvgIpc) is 3.51. The van der Waals surface area contributed by atoms with Crippen molar-refractivity contribution in [3.63, 3.8) is 0 Å². The van der Waals surface area contributed by atoms with Crippen LogP contribution in [0.25, 0.3) is 10.6 Å². The van der Waals surface area contributed by atoms with Crippen molar-refractivity contribution in [2.75, 3.05) is 6.61 Å². The van der Waals surface area contributed by atoms with E-state index in [2.05, 4.69) is 10.1 Å². The van der Waals surface area contributed by atoms with E-state index >= 15 is 0 Å². The molecule has 0 aliphatic heterocycles. The number of aromatic nitrogens is 3. The second kappa shape index (κ2) is 9.38. The van der Waals surface area contributed by atoms with E-state index in [1.54, 1.807) is 24.7 Å². The molecule has 0 spiro atoms. The minimum atomic E-state index is -0.626. The van der Waals surface area contributed by atoms with Crippen LogP contribution in [-0.2, 0) is 11.3 Å². The number of carbonyl (C=O) groups excluding carboxylic acids is 3. The van der Waals surface area contributed by atoms with E-state index in [1.165, 1.54) is 18.3 Å². The summed E-state index contributed by atoms with van der Waals surface area (Å²) in [6, 6.07) is 13.6. The predicted octanol–water partition coefficient (Wildman–Crippen LogP) is 4.85. The minimum absolute atomic E-state index is 0.122. The van der Waals surface area contributed by atoms with Crippen LogP contribution < -0.4 is 0 Å². The Morgan fingerprint density at radius 2 is 1.85 bits per heavy atom. The Morgan fingerprint density at radius 1 is 1.09 bits per heavy atom. The third kappa shape index (κ3) is 4.70. The highest BCUT2D eigenvalue weighted by molar-refractivity contribution is 7.13. The van der Waals surface area contributed by atoms with E-state index in [0.29, 0.717) is 34.6 Å². The fraction of sp³-hybridized carbons (Fsp3) is 0.200. The molecule has 0 saturated heterocycles. The van der Waals surface area contributed by atoms with Crippen molar-refractivity contribution in [3.05, 3.63) is 87.7 Å². The van der Waals surface area contributed by atoms with Gasteiger partial charge in [0.15, 0.2) is 12.4 Å². The molecule has 0 fully saturated rings. The van der Waals surface area contributed by atoms with Gasteiger partial charge in [0.05, 0.1) is 17.1 Å². The Kier molecular flexibility index (Phi) is 6.37. The maximum atomic E-state index is 12.9. The fourth-order valence-electron chi connectivity index (χ4n) is 3.86. The van der Waals surface area contributed by atoms with Gasteiger partial charge >= 0.3 is 5.97 Å². The van der Waals surface area contributed by atoms with E-state index in [0.717, 1.165) is 10.4 Å². The van der Waals surface area contributed by atoms with Crippen LogP contribution >= 0.6 is 11.3 Å². The molecule has 3 aromatic heterocycles. The van der Waals surface area contributed by atoms with Crippen LogP contribution in [0.2, 0.25) is 0 Å². The zero-order valence-corrected chi connectivity index (χ0v) is 19.4. The zero-order chi connectivity index (χ0) is 23.5. The molecule has 0 bridgehead atoms. The van der Waals surface area contributed by atoms with E-state index in [-0.39, 0.29) is 11.5 Å². The molecule has 0 aliphatic rings. The third-order valence-corrected chi connectivity index (χ3v) is 6.20. The maximum Gasteiger partial charge on any atom is 0.342 e. The molecule has 8 heteroatoms. The SMILES string of the molecule is CC(=O)c1c(C)[nH]c(C(=O)COC(=O)c2cn(Cc3ccccc3)nc2-c2cccs2)c1C. The first kappa shape index (κ1) is 22.4. The number of ketones is 2. The molecule has 0 atom stereocenters. The lowest BCUT2D eigenvalue weighted by Gasteiger charge is -2.04. The first-order chi connectivity index (χ1) is 15.8. The molecule has 0 saturated carbocycles. The van der Waals surface area contributed by atoms with Crippen molar-refractivity contribution < 1.29 is 19.1 Å². The summed E-state index contributed by atoms with van der Waals surface area (Å²) in [5, 5.41) is 6.51. The number of carbonyl (C=O) groups is 3. The van der Waals surface area contributed by atoms with Gasteiger partial charge in [-0.3, -0.25) is 14.3 Å². The topological polar surface area (TPSA) is 94.0 Å². The number of Topliss-reactive ketones (excluding diaryl/α,β-unsaturated/α-hetero) is 2. The summed E-state index contributed by atoms with van der Waals surface area (Å²) in [6.45, 7) is 4.96. The van der Waals surface area contributed by atoms with Crippen LogP contribution in [0.5, 0.6) is 0 Å². The predicted molar refractivity (Wildman–Crippen MR) is 126 cm³/mol. The Labute approximate surface area is 195 Å². The number of esters is 1. The van der Waals surface area contributed by atoms with Crippen LogP contribution in [0.3, 0.4) is 0 Å². The van der Waals surface area contributed by atoms with E-state index < -0.39 is 18.4 Å². The van der Waals surface area contributed by atoms with Gasteiger partial charge in [-0.05, 0) is 43.3 Å². The fourth-order valence-corrected chi connectivity index (χ4v) is 4.58. The number of nitrogens with one attached hydrogen (secondary N) is 1. The van der Waals surface area contributed by atoms with Gasteiger partial charge in [-0.25, -0.2) is 4.79 Å². The van der Waals surface area contributed by atoms with Gasteiger partial charge in [0.1, 0.15) is 11.3 Å². The monoisotopic (exact) mass is 461 g/mol. The maximum absolute atomic E-state index is 12.9. The molecule has 0 radical (unpaired) electrons. The molecule has 168 valence electrons. The highest BCUT2D eigenvalue weighted by Crippen LogP contribution is 2.28. The van der Waals surface area contributed by atoms with Gasteiger partial charge < -0.3 is 9.72 Å². The van der Waals surface area contributed by atoms with E-state index in [9.17, 15) is 14.4 Å². The van der Waals surface area contributed by atoms with Crippen molar-refractivity contribution in [1.82, 2.24) is 14.8 Å². The molecule has 33 heavy (non-hydrogen) atoms. The molecule has 0 amide bonds. The van der Waals surface area contributed by atoms with Crippen molar-refractivity contribution in [1.29, 1.82) is 0 Å². The summed E-state index contributed by atoms with van der Waals surface area (Å²) >= 11 is 1.47. The first-order valence-electron chi connectivity index (χ1n) is 10.4. The Morgan fingerprint density at radius 3 is 2.48 bits per heavy atom. The van der Waals surface area contributed by atoms with Gasteiger partial charge in [-0.2, -0.15) is 5.10 Å². The van der Waals surface area contributed by atoms with E-state index in [1.807, 2.05) is 47.8 Å². The molecule has 1 aromatic carbocycles. The average molecular weight is 462 g/mol. The summed E-state index contributed by atoms with van der Waals surface area (Å²) in [7, 11) is 0. The normalized spacial score (nSPS) is 10.9. The zero-order valence-electron chi connectivity index (χ0n) is 18.5. The number of thiophene rings is 1. The van der Waals surface area contributed by atoms with Crippen LogP contribution in [-0.4, -0.2) is 38.9 Å². The summed E-state index contributed by atoms with van der Waals surface area (Å²) in [5.74, 6) is -1.15. The van der Waals surface area contributed by atoms with Crippen LogP contribution in [0.15, 0.2) is 54.0 Å². The number of benzene rings is 1. The number of nitrogens with zero attached hydrogens (tertiary/aromatic N) is 2. The summed E-state index contributed by atoms with van der Waals surface area (Å²) < 4.78 is 7.06. The highest BCUT2D eigenvalue weighted by atomic mass is 32.1. The smallest absolute Gasteiger partial charge is 0.342 e. The third-order valence-electron chi connectivity index (χ3n) is 5.33. The quantitative estimate of drug-likeness (QED) is 0.299. The minimum Gasteiger partial charge on any atom is -0.454 e. The lowest BCUT2D eigenvalue weighted by Crippen LogP contribution is -2.15. The molecule has 1 N–H and O–H groups in total. The van der Waals surface area contributed by atoms with Crippen LogP contribution in [0.4, 0.5) is 0 Å². The number of aryl methyl sites for hydroxylation is 1. The van der Waals surface area contributed by atoms with Gasteiger partial charge in [0, 0.05) is 17.5 Å². The Bertz CT molecular complexity index is 1320. The van der Waals surface area contributed by atoms with Crippen molar-refractivity contribution in [2.45, 2.75) is 27.3 Å². The van der Waals surface area contributed by atoms with Crippen LogP contribution in [0.1, 0.15) is 54.9 Å². The molecule has 0 aliphatic carbocycles. The molecule has 0 unspecified atom stereocenters. The van der Waals surface area contributed by atoms with E-state index in [4.69, 9.17) is 4.74 Å². The number of rotatable bonds is 8. The van der Waals surface area contributed by atoms with Gasteiger partial charge in [-0.15, -0.1) is 11.3 Å². The molecule has 4 rings (SSSR count). The van der Waals surface area contributed by atoms with Crippen molar-refractivity contribution in [3.8, 4) is 10.6 Å². The number of aromatic amines is 1. The Balaban J connectivity index is 1.54. The highest BCUT2D eigenvalue weighted by Gasteiger charge is 2.24. The summed E-state index contributed by atoms with van der Waals surface area (Å²) in [5.41, 5.74) is 3.82. The largest absolute Gasteiger partial charge is 0.454 e. The molecule has 3 heterocycles. The first-order valence-corrected chi connectivity index (χ1v) is 11.3. The second-order valence-electron chi connectivity index (χ2n) is 7.73. The molecular weight excluding hydrogens is 438 g/mol. The number of hydrogen-bond donors (Lipinski definition) is 1. The number of hydrogen-bond acceptors (Lipinski definition) is 6. The van der Waals surface area contributed by atoms with Gasteiger partial charge in [0.2, 0.25) is 5.78 Å². The lowest BCUT2D eigenvalue weighted by atomic mass is 10.1. The van der Waals surface area contributed by atoms with Gasteiger partial charge in [0.25, 0.3) is 0 Å². The molecule has 4 aromatic rings. The standard InChI is InChI=1S/C25H23N3O4S/c1-15-22(17(3)29)16(2)26-23(15)20(30)14-32-25(31)19-13-28(12-18-8-5-4-6-9-18)27-24(19)21-10-7-11-33-21/h4-11,13,26H,12,14H2,1-3H3. The van der Waals surface area contributed by atoms with Gasteiger partial charge in [-0.1, -0.05) is 36.4 Å². The number of ether oxygens (including phenoxy) is 1. The second-order valence-corrected chi connectivity index (χ2v) is 8.68. The summed E-state index contributed by atoms with van der Waals surface area (Å²) in [4.78, 5) is 41.3.